The first kappa shape index (κ1) is 12.8. The van der Waals surface area contributed by atoms with Gasteiger partial charge in [-0.1, -0.05) is 29.8 Å². The van der Waals surface area contributed by atoms with Crippen LogP contribution in [0, 0.1) is 18.3 Å². The molecule has 1 aliphatic rings. The molecule has 2 atom stereocenters. The molecule has 1 aliphatic heterocycles. The van der Waals surface area contributed by atoms with E-state index in [2.05, 4.69) is 6.07 Å². The maximum absolute atomic E-state index is 12.1. The lowest BCUT2D eigenvalue weighted by atomic mass is 9.92. The zero-order valence-corrected chi connectivity index (χ0v) is 10.6. The van der Waals surface area contributed by atoms with Gasteiger partial charge in [0.1, 0.15) is 5.92 Å². The molecule has 0 radical (unpaired) electrons. The van der Waals surface area contributed by atoms with Gasteiger partial charge in [0.2, 0.25) is 0 Å². The van der Waals surface area contributed by atoms with Gasteiger partial charge in [-0.2, -0.15) is 5.26 Å². The Kier molecular flexibility index (Phi) is 4.11. The number of ether oxygens (including phenoxy) is 1. The van der Waals surface area contributed by atoms with E-state index >= 15 is 0 Å². The second kappa shape index (κ2) is 5.79. The van der Waals surface area contributed by atoms with Crippen molar-refractivity contribution in [3.63, 3.8) is 0 Å². The van der Waals surface area contributed by atoms with E-state index in [1.54, 1.807) is 0 Å². The molecule has 0 aromatic heterocycles. The summed E-state index contributed by atoms with van der Waals surface area (Å²) >= 11 is 0. The summed E-state index contributed by atoms with van der Waals surface area (Å²) < 4.78 is 5.44. The fourth-order valence-corrected chi connectivity index (χ4v) is 2.24. The lowest BCUT2D eigenvalue weighted by molar-refractivity contribution is -0.121. The summed E-state index contributed by atoms with van der Waals surface area (Å²) in [6.07, 6.45) is 2.31. The average molecular weight is 243 g/mol. The minimum Gasteiger partial charge on any atom is -0.378 e. The summed E-state index contributed by atoms with van der Waals surface area (Å²) in [4.78, 5) is 12.1. The largest absolute Gasteiger partial charge is 0.378 e. The molecular formula is C15H17NO2. The molecule has 2 rings (SSSR count). The highest BCUT2D eigenvalue weighted by atomic mass is 16.5. The zero-order valence-electron chi connectivity index (χ0n) is 10.6. The number of benzene rings is 1. The molecule has 3 nitrogen and oxygen atoms in total. The van der Waals surface area contributed by atoms with Crippen molar-refractivity contribution in [3.8, 4) is 6.07 Å². The molecule has 1 heterocycles. The molecule has 94 valence electrons. The number of carbonyl (C=O) groups is 1. The van der Waals surface area contributed by atoms with Crippen LogP contribution in [0.25, 0.3) is 0 Å². The van der Waals surface area contributed by atoms with E-state index in [9.17, 15) is 10.1 Å². The number of nitrogens with zero attached hydrogens (tertiary/aromatic N) is 1. The van der Waals surface area contributed by atoms with Crippen LogP contribution in [0.4, 0.5) is 0 Å². The fourth-order valence-electron chi connectivity index (χ4n) is 2.24. The summed E-state index contributed by atoms with van der Waals surface area (Å²) in [6, 6.07) is 9.68. The van der Waals surface area contributed by atoms with E-state index < -0.39 is 5.92 Å². The molecule has 0 aliphatic carbocycles. The first-order valence-corrected chi connectivity index (χ1v) is 6.31. The number of rotatable bonds is 4. The molecule has 2 unspecified atom stereocenters. The second-order valence-electron chi connectivity index (χ2n) is 4.78. The Bertz CT molecular complexity index is 452. The van der Waals surface area contributed by atoms with Crippen LogP contribution < -0.4 is 0 Å². The maximum Gasteiger partial charge on any atom is 0.157 e. The molecule has 0 N–H and O–H groups in total. The molecule has 3 heteroatoms. The lowest BCUT2D eigenvalue weighted by Gasteiger charge is -2.12. The third-order valence-electron chi connectivity index (χ3n) is 3.31. The van der Waals surface area contributed by atoms with Crippen LogP contribution in [0.15, 0.2) is 24.3 Å². The predicted octanol–water partition coefficient (Wildman–Crippen LogP) is 2.74. The first-order chi connectivity index (χ1) is 8.70. The number of hydrogen-bond donors (Lipinski definition) is 0. The van der Waals surface area contributed by atoms with E-state index in [0.29, 0.717) is 6.42 Å². The van der Waals surface area contributed by atoms with Gasteiger partial charge in [-0.15, -0.1) is 0 Å². The van der Waals surface area contributed by atoms with Gasteiger partial charge in [-0.05, 0) is 25.3 Å². The van der Waals surface area contributed by atoms with E-state index in [0.717, 1.165) is 30.6 Å². The highest BCUT2D eigenvalue weighted by Crippen LogP contribution is 2.23. The molecule has 18 heavy (non-hydrogen) atoms. The molecule has 1 fully saturated rings. The van der Waals surface area contributed by atoms with E-state index in [4.69, 9.17) is 4.74 Å². The van der Waals surface area contributed by atoms with Crippen molar-refractivity contribution in [2.75, 3.05) is 6.61 Å². The summed E-state index contributed by atoms with van der Waals surface area (Å²) in [5.74, 6) is -0.692. The third-order valence-corrected chi connectivity index (χ3v) is 3.31. The molecule has 0 bridgehead atoms. The smallest absolute Gasteiger partial charge is 0.157 e. The molecule has 0 amide bonds. The first-order valence-electron chi connectivity index (χ1n) is 6.31. The Labute approximate surface area is 107 Å². The van der Waals surface area contributed by atoms with Gasteiger partial charge < -0.3 is 4.74 Å². The van der Waals surface area contributed by atoms with Gasteiger partial charge in [-0.25, -0.2) is 0 Å². The van der Waals surface area contributed by atoms with Crippen molar-refractivity contribution < 1.29 is 9.53 Å². The zero-order chi connectivity index (χ0) is 13.0. The van der Waals surface area contributed by atoms with E-state index in [-0.39, 0.29) is 11.9 Å². The average Bonchev–Trinajstić information content (AvgIpc) is 2.85. The van der Waals surface area contributed by atoms with Crippen molar-refractivity contribution in [2.24, 2.45) is 0 Å². The van der Waals surface area contributed by atoms with E-state index in [1.807, 2.05) is 31.2 Å². The summed E-state index contributed by atoms with van der Waals surface area (Å²) in [5, 5.41) is 9.18. The predicted molar refractivity (Wildman–Crippen MR) is 68.1 cm³/mol. The second-order valence-corrected chi connectivity index (χ2v) is 4.78. The number of nitriles is 1. The monoisotopic (exact) mass is 243 g/mol. The van der Waals surface area contributed by atoms with Crippen LogP contribution in [0.1, 0.15) is 36.3 Å². The molecule has 0 saturated carbocycles. The normalized spacial score (nSPS) is 20.3. The number of aryl methyl sites for hydroxylation is 1. The van der Waals surface area contributed by atoms with Gasteiger partial charge in [0.05, 0.1) is 12.2 Å². The van der Waals surface area contributed by atoms with Crippen LogP contribution in [0.3, 0.4) is 0 Å². The number of carbonyl (C=O) groups excluding carboxylic acids is 1. The number of Topliss-reactive ketones (excluding diaryl/α,β-unsaturated/α-hetero) is 1. The lowest BCUT2D eigenvalue weighted by Crippen LogP contribution is -2.18. The van der Waals surface area contributed by atoms with Gasteiger partial charge in [0, 0.05) is 13.0 Å². The van der Waals surface area contributed by atoms with Crippen molar-refractivity contribution in [1.29, 1.82) is 5.26 Å². The standard InChI is InChI=1S/C15H17NO2/c1-11-4-6-12(7-5-11)14(10-16)15(17)9-13-3-2-8-18-13/h4-7,13-14H,2-3,8-9H2,1H3. The highest BCUT2D eigenvalue weighted by molar-refractivity contribution is 5.88. The quantitative estimate of drug-likeness (QED) is 0.817. The van der Waals surface area contributed by atoms with Crippen molar-refractivity contribution >= 4 is 5.78 Å². The van der Waals surface area contributed by atoms with Gasteiger partial charge >= 0.3 is 0 Å². The van der Waals surface area contributed by atoms with Crippen molar-refractivity contribution in [2.45, 2.75) is 38.2 Å². The molecule has 1 aromatic rings. The van der Waals surface area contributed by atoms with Crippen LogP contribution >= 0.6 is 0 Å². The summed E-state index contributed by atoms with van der Waals surface area (Å²) in [5.41, 5.74) is 1.91. The van der Waals surface area contributed by atoms with Gasteiger partial charge in [-0.3, -0.25) is 4.79 Å². The summed E-state index contributed by atoms with van der Waals surface area (Å²) in [6.45, 7) is 2.72. The van der Waals surface area contributed by atoms with Gasteiger partial charge in [0.15, 0.2) is 5.78 Å². The van der Waals surface area contributed by atoms with Crippen LogP contribution in [0.5, 0.6) is 0 Å². The third kappa shape index (κ3) is 2.96. The Balaban J connectivity index is 2.06. The minimum atomic E-state index is -0.658. The minimum absolute atomic E-state index is 0.0128. The Morgan fingerprint density at radius 1 is 1.50 bits per heavy atom. The van der Waals surface area contributed by atoms with E-state index in [1.165, 1.54) is 0 Å². The van der Waals surface area contributed by atoms with Crippen LogP contribution in [-0.4, -0.2) is 18.5 Å². The SMILES string of the molecule is Cc1ccc(C(C#N)C(=O)CC2CCCO2)cc1. The van der Waals surface area contributed by atoms with Crippen LogP contribution in [-0.2, 0) is 9.53 Å². The highest BCUT2D eigenvalue weighted by Gasteiger charge is 2.25. The fraction of sp³-hybridized carbons (Fsp3) is 0.467. The topological polar surface area (TPSA) is 50.1 Å². The summed E-state index contributed by atoms with van der Waals surface area (Å²) in [7, 11) is 0. The molecule has 0 spiro atoms. The van der Waals surface area contributed by atoms with Crippen LogP contribution in [0.2, 0.25) is 0 Å². The van der Waals surface area contributed by atoms with Crippen molar-refractivity contribution in [3.05, 3.63) is 35.4 Å². The Morgan fingerprint density at radius 2 is 2.22 bits per heavy atom. The number of hydrogen-bond acceptors (Lipinski definition) is 3. The Morgan fingerprint density at radius 3 is 2.78 bits per heavy atom. The molecular weight excluding hydrogens is 226 g/mol. The Hall–Kier alpha value is -1.66. The molecule has 1 saturated heterocycles. The molecule has 1 aromatic carbocycles. The maximum atomic E-state index is 12.1. The van der Waals surface area contributed by atoms with Crippen molar-refractivity contribution in [1.82, 2.24) is 0 Å². The van der Waals surface area contributed by atoms with Gasteiger partial charge in [0.25, 0.3) is 0 Å². The number of ketones is 1.